The van der Waals surface area contributed by atoms with E-state index in [1.165, 1.54) is 11.8 Å². The Morgan fingerprint density at radius 1 is 1.29 bits per heavy atom. The van der Waals surface area contributed by atoms with Gasteiger partial charge in [-0.1, -0.05) is 36.3 Å². The third-order valence-corrected chi connectivity index (χ3v) is 7.45. The van der Waals surface area contributed by atoms with Crippen molar-refractivity contribution in [3.63, 3.8) is 0 Å². The summed E-state index contributed by atoms with van der Waals surface area (Å²) in [4.78, 5) is 25.3. The molecule has 0 aliphatic carbocycles. The number of thioether (sulfide) groups is 1. The Hall–Kier alpha value is -1.97. The molecule has 4 aromatic heterocycles. The van der Waals surface area contributed by atoms with Crippen molar-refractivity contribution in [3.05, 3.63) is 44.1 Å². The molecule has 0 saturated carbocycles. The minimum atomic E-state index is 0.0511. The average Bonchev–Trinajstić information content (AvgIpc) is 3.41. The maximum Gasteiger partial charge on any atom is 0.268 e. The van der Waals surface area contributed by atoms with Crippen molar-refractivity contribution in [2.24, 2.45) is 0 Å². The van der Waals surface area contributed by atoms with Gasteiger partial charge in [-0.25, -0.2) is 4.98 Å². The Balaban J connectivity index is 1.64. The van der Waals surface area contributed by atoms with Gasteiger partial charge in [-0.15, -0.1) is 22.7 Å². The number of aromatic nitrogens is 4. The number of fused-ring (bicyclic) bond motifs is 1. The molecule has 9 heteroatoms. The van der Waals surface area contributed by atoms with E-state index in [0.717, 1.165) is 43.5 Å². The van der Waals surface area contributed by atoms with Crippen molar-refractivity contribution in [1.82, 2.24) is 19.7 Å². The van der Waals surface area contributed by atoms with Gasteiger partial charge in [0.15, 0.2) is 11.0 Å². The van der Waals surface area contributed by atoms with Gasteiger partial charge in [-0.05, 0) is 37.3 Å². The molecule has 0 amide bonds. The fourth-order valence-corrected chi connectivity index (χ4v) is 5.46. The molecular weight excluding hydrogens is 412 g/mol. The van der Waals surface area contributed by atoms with Crippen LogP contribution in [0.2, 0.25) is 0 Å². The summed E-state index contributed by atoms with van der Waals surface area (Å²) >= 11 is 4.62. The second-order valence-electron chi connectivity index (χ2n) is 6.45. The highest BCUT2D eigenvalue weighted by atomic mass is 32.2. The Kier molecular flexibility index (Phi) is 5.65. The zero-order valence-corrected chi connectivity index (χ0v) is 18.3. The summed E-state index contributed by atoms with van der Waals surface area (Å²) < 4.78 is 7.16. The molecule has 0 unspecified atom stereocenters. The average molecular weight is 433 g/mol. The number of hydrogen-bond acceptors (Lipinski definition) is 8. The van der Waals surface area contributed by atoms with E-state index in [2.05, 4.69) is 17.1 Å². The topological polar surface area (TPSA) is 73.8 Å². The number of nitrogens with zero attached hydrogens (tertiary/aromatic N) is 4. The second-order valence-corrected chi connectivity index (χ2v) is 9.54. The molecule has 0 saturated heterocycles. The number of aryl methyl sites for hydroxylation is 2. The van der Waals surface area contributed by atoms with Crippen LogP contribution >= 0.6 is 34.4 Å². The lowest BCUT2D eigenvalue weighted by atomic mass is 10.2. The predicted molar refractivity (Wildman–Crippen MR) is 115 cm³/mol. The lowest BCUT2D eigenvalue weighted by Gasteiger charge is -2.11. The van der Waals surface area contributed by atoms with Crippen molar-refractivity contribution >= 4 is 44.7 Å². The molecule has 0 fully saturated rings. The molecule has 0 aliphatic heterocycles. The van der Waals surface area contributed by atoms with E-state index in [4.69, 9.17) is 9.51 Å². The monoisotopic (exact) mass is 432 g/mol. The van der Waals surface area contributed by atoms with Gasteiger partial charge >= 0.3 is 0 Å². The van der Waals surface area contributed by atoms with E-state index in [1.54, 1.807) is 27.2 Å². The van der Waals surface area contributed by atoms with E-state index in [1.807, 2.05) is 31.4 Å². The molecule has 4 heterocycles. The van der Waals surface area contributed by atoms with Gasteiger partial charge in [0.1, 0.15) is 4.83 Å². The van der Waals surface area contributed by atoms with Crippen LogP contribution < -0.4 is 5.56 Å². The van der Waals surface area contributed by atoms with Crippen LogP contribution in [0.3, 0.4) is 0 Å². The molecule has 0 aromatic carbocycles. The molecule has 4 rings (SSSR count). The first-order chi connectivity index (χ1) is 13.6. The SMILES string of the molecule is CCCCn1c(SCc2noc(-c3cccs3)n2)nc2sc(C)c(C)c2c1=O. The maximum absolute atomic E-state index is 13.1. The summed E-state index contributed by atoms with van der Waals surface area (Å²) in [5, 5.41) is 7.52. The molecule has 0 radical (unpaired) electrons. The summed E-state index contributed by atoms with van der Waals surface area (Å²) in [6.45, 7) is 6.83. The van der Waals surface area contributed by atoms with Crippen molar-refractivity contribution in [3.8, 4) is 10.8 Å². The second kappa shape index (κ2) is 8.18. The molecule has 28 heavy (non-hydrogen) atoms. The van der Waals surface area contributed by atoms with E-state index < -0.39 is 0 Å². The van der Waals surface area contributed by atoms with Gasteiger partial charge in [-0.3, -0.25) is 9.36 Å². The van der Waals surface area contributed by atoms with Crippen LogP contribution in [0, 0.1) is 13.8 Å². The van der Waals surface area contributed by atoms with Crippen molar-refractivity contribution < 1.29 is 4.52 Å². The zero-order valence-electron chi connectivity index (χ0n) is 15.9. The minimum absolute atomic E-state index is 0.0511. The zero-order chi connectivity index (χ0) is 19.7. The lowest BCUT2D eigenvalue weighted by Crippen LogP contribution is -2.23. The van der Waals surface area contributed by atoms with Crippen LogP contribution in [-0.2, 0) is 12.3 Å². The van der Waals surface area contributed by atoms with Crippen LogP contribution in [0.5, 0.6) is 0 Å². The molecule has 0 atom stereocenters. The molecule has 0 N–H and O–H groups in total. The summed E-state index contributed by atoms with van der Waals surface area (Å²) in [7, 11) is 0. The number of thiophene rings is 2. The van der Waals surface area contributed by atoms with Crippen LogP contribution in [0.25, 0.3) is 21.0 Å². The largest absolute Gasteiger partial charge is 0.333 e. The third kappa shape index (κ3) is 3.66. The van der Waals surface area contributed by atoms with E-state index in [0.29, 0.717) is 24.0 Å². The van der Waals surface area contributed by atoms with Gasteiger partial charge < -0.3 is 4.52 Å². The number of unbranched alkanes of at least 4 members (excludes halogenated alkanes) is 1. The lowest BCUT2D eigenvalue weighted by molar-refractivity contribution is 0.426. The van der Waals surface area contributed by atoms with Gasteiger partial charge in [0, 0.05) is 11.4 Å². The van der Waals surface area contributed by atoms with Crippen LogP contribution in [0.1, 0.15) is 36.0 Å². The number of hydrogen-bond donors (Lipinski definition) is 0. The highest BCUT2D eigenvalue weighted by molar-refractivity contribution is 7.98. The number of rotatable bonds is 7. The summed E-state index contributed by atoms with van der Waals surface area (Å²) in [5.41, 5.74) is 1.09. The molecular formula is C19H20N4O2S3. The van der Waals surface area contributed by atoms with Crippen molar-refractivity contribution in [1.29, 1.82) is 0 Å². The van der Waals surface area contributed by atoms with Gasteiger partial charge in [0.25, 0.3) is 11.4 Å². The quantitative estimate of drug-likeness (QED) is 0.292. The third-order valence-electron chi connectivity index (χ3n) is 4.52. The first-order valence-electron chi connectivity index (χ1n) is 9.08. The molecule has 146 valence electrons. The van der Waals surface area contributed by atoms with Crippen LogP contribution in [0.15, 0.2) is 32.0 Å². The van der Waals surface area contributed by atoms with E-state index in [-0.39, 0.29) is 5.56 Å². The summed E-state index contributed by atoms with van der Waals surface area (Å²) in [6, 6.07) is 3.91. The molecule has 0 bridgehead atoms. The molecule has 6 nitrogen and oxygen atoms in total. The molecule has 4 aromatic rings. The maximum atomic E-state index is 13.1. The summed E-state index contributed by atoms with van der Waals surface area (Å²) in [5.74, 6) is 1.63. The van der Waals surface area contributed by atoms with E-state index >= 15 is 0 Å². The predicted octanol–water partition coefficient (Wildman–Crippen LogP) is 5.28. The van der Waals surface area contributed by atoms with E-state index in [9.17, 15) is 4.79 Å². The Morgan fingerprint density at radius 2 is 2.14 bits per heavy atom. The minimum Gasteiger partial charge on any atom is -0.333 e. The first-order valence-corrected chi connectivity index (χ1v) is 11.8. The van der Waals surface area contributed by atoms with Crippen LogP contribution in [0.4, 0.5) is 0 Å². The van der Waals surface area contributed by atoms with Crippen molar-refractivity contribution in [2.45, 2.75) is 51.1 Å². The fourth-order valence-electron chi connectivity index (χ4n) is 2.87. The highest BCUT2D eigenvalue weighted by Gasteiger charge is 2.18. The van der Waals surface area contributed by atoms with Gasteiger partial charge in [-0.2, -0.15) is 4.98 Å². The Morgan fingerprint density at radius 3 is 2.89 bits per heavy atom. The van der Waals surface area contributed by atoms with Gasteiger partial charge in [0.05, 0.1) is 16.0 Å². The Labute approximate surface area is 174 Å². The Bertz CT molecular complexity index is 1160. The fraction of sp³-hybridized carbons (Fsp3) is 0.368. The molecule has 0 aliphatic rings. The van der Waals surface area contributed by atoms with Crippen LogP contribution in [-0.4, -0.2) is 19.7 Å². The molecule has 0 spiro atoms. The summed E-state index contributed by atoms with van der Waals surface area (Å²) in [6.07, 6.45) is 1.96. The smallest absolute Gasteiger partial charge is 0.268 e. The van der Waals surface area contributed by atoms with Gasteiger partial charge in [0.2, 0.25) is 0 Å². The first kappa shape index (κ1) is 19.4. The standard InChI is InChI=1S/C19H20N4O2S3/c1-4-5-8-23-18(24)15-11(2)12(3)28-17(15)21-19(23)27-10-14-20-16(25-22-14)13-7-6-9-26-13/h6-7,9H,4-5,8,10H2,1-3H3. The highest BCUT2D eigenvalue weighted by Crippen LogP contribution is 2.30. The van der Waals surface area contributed by atoms with Crippen molar-refractivity contribution in [2.75, 3.05) is 0 Å². The normalized spacial score (nSPS) is 11.5.